The maximum absolute atomic E-state index is 12.1. The third-order valence-electron chi connectivity index (χ3n) is 4.24. The molecule has 0 unspecified atom stereocenters. The fourth-order valence-electron chi connectivity index (χ4n) is 2.99. The molecule has 4 rings (SSSR count). The minimum atomic E-state index is 0.00405. The van der Waals surface area contributed by atoms with Crippen molar-refractivity contribution in [2.45, 2.75) is 19.5 Å². The van der Waals surface area contributed by atoms with Gasteiger partial charge in [-0.05, 0) is 11.1 Å². The van der Waals surface area contributed by atoms with E-state index >= 15 is 0 Å². The summed E-state index contributed by atoms with van der Waals surface area (Å²) in [6.07, 6.45) is 0.808. The Hall–Kier alpha value is -2.66. The van der Waals surface area contributed by atoms with Crippen molar-refractivity contribution >= 4 is 22.4 Å². The quantitative estimate of drug-likeness (QED) is 0.765. The Bertz CT molecular complexity index is 820. The van der Waals surface area contributed by atoms with Crippen LogP contribution in [0.4, 0.5) is 5.13 Å². The molecule has 0 bridgehead atoms. The van der Waals surface area contributed by atoms with Gasteiger partial charge in [-0.1, -0.05) is 72.0 Å². The smallest absolute Gasteiger partial charge is 0.263 e. The molecule has 25 heavy (non-hydrogen) atoms. The molecule has 0 aliphatic carbocycles. The van der Waals surface area contributed by atoms with Crippen molar-refractivity contribution in [2.24, 2.45) is 0 Å². The summed E-state index contributed by atoms with van der Waals surface area (Å²) in [5.41, 5.74) is 3.39. The molecule has 1 N–H and O–H groups in total. The first kappa shape index (κ1) is 15.8. The minimum absolute atomic E-state index is 0.00405. The summed E-state index contributed by atoms with van der Waals surface area (Å²) in [7, 11) is 0. The van der Waals surface area contributed by atoms with Crippen molar-refractivity contribution < 1.29 is 4.79 Å². The Labute approximate surface area is 151 Å². The SMILES string of the molecule is O=C1NCCc2nc(N(Cc3ccccc3)Cc3ccccc3)sc21. The van der Waals surface area contributed by atoms with Crippen molar-refractivity contribution in [1.29, 1.82) is 0 Å². The molecule has 0 saturated heterocycles. The zero-order valence-electron chi connectivity index (χ0n) is 13.8. The van der Waals surface area contributed by atoms with Gasteiger partial charge in [0.05, 0.1) is 5.69 Å². The molecular weight excluding hydrogens is 330 g/mol. The third kappa shape index (κ3) is 3.56. The van der Waals surface area contributed by atoms with Crippen molar-refractivity contribution in [2.75, 3.05) is 11.4 Å². The molecule has 1 aliphatic rings. The summed E-state index contributed by atoms with van der Waals surface area (Å²) in [5.74, 6) is 0.00405. The van der Waals surface area contributed by atoms with Crippen LogP contribution in [0.25, 0.3) is 0 Å². The summed E-state index contributed by atoms with van der Waals surface area (Å²) in [4.78, 5) is 19.9. The monoisotopic (exact) mass is 349 g/mol. The van der Waals surface area contributed by atoms with Crippen molar-refractivity contribution in [1.82, 2.24) is 10.3 Å². The van der Waals surface area contributed by atoms with Crippen LogP contribution in [0.3, 0.4) is 0 Å². The van der Waals surface area contributed by atoms with E-state index < -0.39 is 0 Å². The first-order chi connectivity index (χ1) is 12.3. The van der Waals surface area contributed by atoms with Gasteiger partial charge in [-0.15, -0.1) is 0 Å². The molecule has 0 atom stereocenters. The van der Waals surface area contributed by atoms with E-state index in [1.165, 1.54) is 22.5 Å². The molecule has 1 aliphatic heterocycles. The first-order valence-electron chi connectivity index (χ1n) is 8.40. The summed E-state index contributed by atoms with van der Waals surface area (Å²) in [6.45, 7) is 2.21. The van der Waals surface area contributed by atoms with E-state index in [1.54, 1.807) is 0 Å². The van der Waals surface area contributed by atoms with E-state index in [9.17, 15) is 4.79 Å². The highest BCUT2D eigenvalue weighted by Gasteiger charge is 2.24. The normalized spacial score (nSPS) is 13.2. The first-order valence-corrected chi connectivity index (χ1v) is 9.22. The molecule has 2 aromatic carbocycles. The molecule has 4 nitrogen and oxygen atoms in total. The highest BCUT2D eigenvalue weighted by molar-refractivity contribution is 7.17. The van der Waals surface area contributed by atoms with Crippen LogP contribution in [-0.2, 0) is 19.5 Å². The van der Waals surface area contributed by atoms with Gasteiger partial charge in [-0.3, -0.25) is 4.79 Å². The minimum Gasteiger partial charge on any atom is -0.351 e. The number of hydrogen-bond donors (Lipinski definition) is 1. The van der Waals surface area contributed by atoms with Crippen LogP contribution in [0.15, 0.2) is 60.7 Å². The van der Waals surface area contributed by atoms with Gasteiger partial charge >= 0.3 is 0 Å². The summed E-state index contributed by atoms with van der Waals surface area (Å²) in [5, 5.41) is 3.81. The van der Waals surface area contributed by atoms with E-state index in [0.717, 1.165) is 35.2 Å². The topological polar surface area (TPSA) is 45.2 Å². The van der Waals surface area contributed by atoms with Gasteiger partial charge in [0.2, 0.25) is 0 Å². The van der Waals surface area contributed by atoms with Gasteiger partial charge < -0.3 is 10.2 Å². The molecule has 2 heterocycles. The predicted molar refractivity (Wildman–Crippen MR) is 101 cm³/mol. The average Bonchev–Trinajstić information content (AvgIpc) is 3.09. The van der Waals surface area contributed by atoms with E-state index in [1.807, 2.05) is 12.1 Å². The number of aromatic nitrogens is 1. The maximum atomic E-state index is 12.1. The summed E-state index contributed by atoms with van der Waals surface area (Å²) < 4.78 is 0. The Balaban J connectivity index is 1.66. The van der Waals surface area contributed by atoms with E-state index in [4.69, 9.17) is 4.98 Å². The third-order valence-corrected chi connectivity index (χ3v) is 5.40. The lowest BCUT2D eigenvalue weighted by molar-refractivity contribution is 0.0950. The molecule has 126 valence electrons. The number of nitrogens with one attached hydrogen (secondary N) is 1. The Kier molecular flexibility index (Phi) is 4.48. The Morgan fingerprint density at radius 3 is 2.12 bits per heavy atom. The lowest BCUT2D eigenvalue weighted by Gasteiger charge is -2.22. The zero-order valence-corrected chi connectivity index (χ0v) is 14.6. The summed E-state index contributed by atoms with van der Waals surface area (Å²) in [6, 6.07) is 20.8. The van der Waals surface area contributed by atoms with Crippen LogP contribution in [0, 0.1) is 0 Å². The number of benzene rings is 2. The van der Waals surface area contributed by atoms with E-state index in [-0.39, 0.29) is 5.91 Å². The maximum Gasteiger partial charge on any atom is 0.263 e. The van der Waals surface area contributed by atoms with Gasteiger partial charge in [0.15, 0.2) is 5.13 Å². The number of fused-ring (bicyclic) bond motifs is 1. The molecule has 5 heteroatoms. The van der Waals surface area contributed by atoms with Crippen LogP contribution in [0.5, 0.6) is 0 Å². The van der Waals surface area contributed by atoms with Crippen LogP contribution < -0.4 is 10.2 Å². The Morgan fingerprint density at radius 1 is 0.960 bits per heavy atom. The van der Waals surface area contributed by atoms with Crippen LogP contribution in [-0.4, -0.2) is 17.4 Å². The van der Waals surface area contributed by atoms with Gasteiger partial charge in [0.1, 0.15) is 4.88 Å². The van der Waals surface area contributed by atoms with Crippen LogP contribution in [0.1, 0.15) is 26.5 Å². The van der Waals surface area contributed by atoms with E-state index in [2.05, 4.69) is 58.7 Å². The van der Waals surface area contributed by atoms with Crippen molar-refractivity contribution in [3.8, 4) is 0 Å². The number of thiazole rings is 1. The summed E-state index contributed by atoms with van der Waals surface area (Å²) >= 11 is 1.49. The molecule has 0 saturated carbocycles. The molecule has 3 aromatic rings. The zero-order chi connectivity index (χ0) is 17.1. The average molecular weight is 349 g/mol. The lowest BCUT2D eigenvalue weighted by atomic mass is 10.2. The number of carbonyl (C=O) groups is 1. The van der Waals surface area contributed by atoms with Crippen LogP contribution in [0.2, 0.25) is 0 Å². The van der Waals surface area contributed by atoms with Gasteiger partial charge in [-0.25, -0.2) is 4.98 Å². The fourth-order valence-corrected chi connectivity index (χ4v) is 4.02. The lowest BCUT2D eigenvalue weighted by Crippen LogP contribution is -2.30. The number of rotatable bonds is 5. The van der Waals surface area contributed by atoms with Gasteiger partial charge in [0, 0.05) is 26.1 Å². The largest absolute Gasteiger partial charge is 0.351 e. The number of hydrogen-bond acceptors (Lipinski definition) is 4. The second kappa shape index (κ2) is 7.07. The number of carbonyl (C=O) groups excluding carboxylic acids is 1. The molecule has 1 amide bonds. The molecule has 0 radical (unpaired) electrons. The number of amides is 1. The highest BCUT2D eigenvalue weighted by Crippen LogP contribution is 2.30. The molecule has 0 fully saturated rings. The molecule has 0 spiro atoms. The number of anilines is 1. The molecule has 1 aromatic heterocycles. The number of nitrogens with zero attached hydrogens (tertiary/aromatic N) is 2. The predicted octanol–water partition coefficient (Wildman–Crippen LogP) is 3.64. The second-order valence-electron chi connectivity index (χ2n) is 6.11. The fraction of sp³-hybridized carbons (Fsp3) is 0.200. The van der Waals surface area contributed by atoms with Crippen molar-refractivity contribution in [3.63, 3.8) is 0 Å². The van der Waals surface area contributed by atoms with Crippen LogP contribution >= 0.6 is 11.3 Å². The van der Waals surface area contributed by atoms with E-state index in [0.29, 0.717) is 6.54 Å². The molecular formula is C20H19N3OS. The van der Waals surface area contributed by atoms with Gasteiger partial charge in [0.25, 0.3) is 5.91 Å². The van der Waals surface area contributed by atoms with Crippen molar-refractivity contribution in [3.05, 3.63) is 82.4 Å². The highest BCUT2D eigenvalue weighted by atomic mass is 32.1. The standard InChI is InChI=1S/C20H19N3OS/c24-19-18-17(11-12-21-19)22-20(25-18)23(13-15-7-3-1-4-8-15)14-16-9-5-2-6-10-16/h1-10H,11-14H2,(H,21,24). The Morgan fingerprint density at radius 2 is 1.56 bits per heavy atom. The van der Waals surface area contributed by atoms with Gasteiger partial charge in [-0.2, -0.15) is 0 Å². The second-order valence-corrected chi connectivity index (χ2v) is 7.08.